The van der Waals surface area contributed by atoms with Gasteiger partial charge in [-0.15, -0.1) is 0 Å². The summed E-state index contributed by atoms with van der Waals surface area (Å²) in [6.07, 6.45) is 1.78. The first-order valence-corrected chi connectivity index (χ1v) is 12.3. The molecular formula is C25H22ClN5O2S. The summed E-state index contributed by atoms with van der Waals surface area (Å²) < 4.78 is 1.50. The van der Waals surface area contributed by atoms with Gasteiger partial charge in [0, 0.05) is 32.4 Å². The Labute approximate surface area is 206 Å². The van der Waals surface area contributed by atoms with Crippen molar-refractivity contribution in [2.45, 2.75) is 5.16 Å². The van der Waals surface area contributed by atoms with Crippen LogP contribution in [0.15, 0.2) is 82.9 Å². The summed E-state index contributed by atoms with van der Waals surface area (Å²) in [6, 6.07) is 20.2. The number of nitrogens with zero attached hydrogens (tertiary/aromatic N) is 5. The highest BCUT2D eigenvalue weighted by atomic mass is 35.5. The highest BCUT2D eigenvalue weighted by Crippen LogP contribution is 2.26. The lowest BCUT2D eigenvalue weighted by Gasteiger charge is -2.35. The molecule has 34 heavy (non-hydrogen) atoms. The number of halogens is 1. The maximum absolute atomic E-state index is 13.4. The third-order valence-corrected chi connectivity index (χ3v) is 7.01. The molecule has 0 spiro atoms. The largest absolute Gasteiger partial charge is 0.353 e. The molecule has 0 aliphatic carbocycles. The fourth-order valence-corrected chi connectivity index (χ4v) is 5.13. The maximum atomic E-state index is 13.4. The Hall–Kier alpha value is -3.36. The first-order chi connectivity index (χ1) is 16.6. The maximum Gasteiger partial charge on any atom is 0.266 e. The van der Waals surface area contributed by atoms with Crippen molar-refractivity contribution in [3.63, 3.8) is 0 Å². The van der Waals surface area contributed by atoms with E-state index in [1.807, 2.05) is 47.4 Å². The number of amides is 1. The normalized spacial score (nSPS) is 13.9. The molecule has 1 aliphatic heterocycles. The molecule has 0 bridgehead atoms. The van der Waals surface area contributed by atoms with Crippen LogP contribution in [0.1, 0.15) is 0 Å². The second kappa shape index (κ2) is 9.87. The molecule has 5 rings (SSSR count). The van der Waals surface area contributed by atoms with Crippen molar-refractivity contribution in [3.8, 4) is 5.69 Å². The van der Waals surface area contributed by atoms with E-state index in [2.05, 4.69) is 9.88 Å². The van der Waals surface area contributed by atoms with E-state index in [-0.39, 0.29) is 17.2 Å². The van der Waals surface area contributed by atoms with Gasteiger partial charge in [0.25, 0.3) is 5.56 Å². The van der Waals surface area contributed by atoms with Crippen molar-refractivity contribution in [2.75, 3.05) is 36.8 Å². The number of piperazine rings is 1. The minimum atomic E-state index is -0.211. The Morgan fingerprint density at radius 3 is 2.44 bits per heavy atom. The molecule has 1 amide bonds. The predicted octanol–water partition coefficient (Wildman–Crippen LogP) is 3.88. The first-order valence-electron chi connectivity index (χ1n) is 10.9. The number of benzene rings is 2. The molecule has 4 aromatic rings. The molecule has 0 N–H and O–H groups in total. The number of carbonyl (C=O) groups is 1. The lowest BCUT2D eigenvalue weighted by Crippen LogP contribution is -2.49. The summed E-state index contributed by atoms with van der Waals surface area (Å²) in [7, 11) is 0. The number of anilines is 1. The van der Waals surface area contributed by atoms with E-state index in [4.69, 9.17) is 16.6 Å². The molecule has 3 heterocycles. The zero-order chi connectivity index (χ0) is 23.5. The van der Waals surface area contributed by atoms with Gasteiger partial charge in [-0.05, 0) is 36.4 Å². The van der Waals surface area contributed by atoms with Crippen LogP contribution in [-0.4, -0.2) is 57.3 Å². The predicted molar refractivity (Wildman–Crippen MR) is 136 cm³/mol. The number of fused-ring (bicyclic) bond motifs is 1. The van der Waals surface area contributed by atoms with E-state index >= 15 is 0 Å². The van der Waals surface area contributed by atoms with E-state index < -0.39 is 0 Å². The van der Waals surface area contributed by atoms with Crippen LogP contribution in [-0.2, 0) is 4.79 Å². The van der Waals surface area contributed by atoms with Gasteiger partial charge in [-0.1, -0.05) is 53.7 Å². The Balaban J connectivity index is 1.36. The van der Waals surface area contributed by atoms with Crippen molar-refractivity contribution in [2.24, 2.45) is 0 Å². The smallest absolute Gasteiger partial charge is 0.266 e. The van der Waals surface area contributed by atoms with E-state index in [0.29, 0.717) is 39.9 Å². The van der Waals surface area contributed by atoms with Crippen LogP contribution in [0, 0.1) is 0 Å². The van der Waals surface area contributed by atoms with Gasteiger partial charge in [0.15, 0.2) is 5.16 Å². The minimum Gasteiger partial charge on any atom is -0.353 e. The van der Waals surface area contributed by atoms with Gasteiger partial charge in [-0.2, -0.15) is 0 Å². The molecule has 1 saturated heterocycles. The Bertz CT molecular complexity index is 1390. The van der Waals surface area contributed by atoms with Gasteiger partial charge in [-0.3, -0.25) is 14.2 Å². The molecule has 2 aromatic heterocycles. The Morgan fingerprint density at radius 2 is 1.68 bits per heavy atom. The van der Waals surface area contributed by atoms with Crippen LogP contribution >= 0.6 is 23.4 Å². The number of pyridine rings is 1. The van der Waals surface area contributed by atoms with E-state index in [0.717, 1.165) is 18.9 Å². The van der Waals surface area contributed by atoms with Crippen LogP contribution in [0.2, 0.25) is 5.02 Å². The van der Waals surface area contributed by atoms with Crippen LogP contribution in [0.25, 0.3) is 16.6 Å². The average molecular weight is 492 g/mol. The highest BCUT2D eigenvalue weighted by Gasteiger charge is 2.23. The summed E-state index contributed by atoms with van der Waals surface area (Å²) in [5.74, 6) is 1.12. The number of thioether (sulfide) groups is 1. The monoisotopic (exact) mass is 491 g/mol. The van der Waals surface area contributed by atoms with Crippen LogP contribution in [0.4, 0.5) is 5.82 Å². The second-order valence-electron chi connectivity index (χ2n) is 7.85. The summed E-state index contributed by atoms with van der Waals surface area (Å²) in [5, 5.41) is 1.39. The van der Waals surface area contributed by atoms with Crippen LogP contribution < -0.4 is 10.5 Å². The van der Waals surface area contributed by atoms with Crippen LogP contribution in [0.3, 0.4) is 0 Å². The third kappa shape index (κ3) is 4.51. The highest BCUT2D eigenvalue weighted by molar-refractivity contribution is 7.99. The molecule has 0 unspecified atom stereocenters. The van der Waals surface area contributed by atoms with E-state index in [1.165, 1.54) is 16.3 Å². The fraction of sp³-hybridized carbons (Fsp3) is 0.200. The summed E-state index contributed by atoms with van der Waals surface area (Å²) >= 11 is 7.68. The molecule has 9 heteroatoms. The van der Waals surface area contributed by atoms with Crippen LogP contribution in [0.5, 0.6) is 0 Å². The number of para-hydroxylation sites is 2. The molecular weight excluding hydrogens is 470 g/mol. The van der Waals surface area contributed by atoms with Gasteiger partial charge < -0.3 is 9.80 Å². The van der Waals surface area contributed by atoms with Gasteiger partial charge in [-0.25, -0.2) is 9.97 Å². The third-order valence-electron chi connectivity index (χ3n) is 5.77. The molecule has 0 radical (unpaired) electrons. The van der Waals surface area contributed by atoms with Crippen molar-refractivity contribution in [3.05, 3.63) is 88.3 Å². The molecule has 7 nitrogen and oxygen atoms in total. The molecule has 1 aliphatic rings. The fourth-order valence-electron chi connectivity index (χ4n) is 4.00. The SMILES string of the molecule is O=C(CSc1nc2ccccc2c(=O)n1-c1ccccc1Cl)N1CCN(c2ccccn2)CC1. The van der Waals surface area contributed by atoms with E-state index in [9.17, 15) is 9.59 Å². The van der Waals surface area contributed by atoms with Crippen molar-refractivity contribution in [1.29, 1.82) is 0 Å². The number of hydrogen-bond donors (Lipinski definition) is 0. The number of carbonyl (C=O) groups excluding carboxylic acids is 1. The lowest BCUT2D eigenvalue weighted by atomic mass is 10.2. The topological polar surface area (TPSA) is 71.3 Å². The van der Waals surface area contributed by atoms with Crippen molar-refractivity contribution in [1.82, 2.24) is 19.4 Å². The molecule has 0 saturated carbocycles. The zero-order valence-electron chi connectivity index (χ0n) is 18.3. The quantitative estimate of drug-likeness (QED) is 0.312. The zero-order valence-corrected chi connectivity index (χ0v) is 19.9. The van der Waals surface area contributed by atoms with Gasteiger partial charge in [0.2, 0.25) is 5.91 Å². The summed E-state index contributed by atoms with van der Waals surface area (Å²) in [4.78, 5) is 39.5. The molecule has 0 atom stereocenters. The summed E-state index contributed by atoms with van der Waals surface area (Å²) in [6.45, 7) is 2.70. The number of aromatic nitrogens is 3. The average Bonchev–Trinajstić information content (AvgIpc) is 2.89. The second-order valence-corrected chi connectivity index (χ2v) is 9.20. The Morgan fingerprint density at radius 1 is 0.941 bits per heavy atom. The van der Waals surface area contributed by atoms with Gasteiger partial charge in [0.05, 0.1) is 27.4 Å². The summed E-state index contributed by atoms with van der Waals surface area (Å²) in [5.41, 5.74) is 0.929. The minimum absolute atomic E-state index is 0.0128. The van der Waals surface area contributed by atoms with Crippen molar-refractivity contribution < 1.29 is 4.79 Å². The van der Waals surface area contributed by atoms with E-state index in [1.54, 1.807) is 30.5 Å². The molecule has 1 fully saturated rings. The number of rotatable bonds is 5. The first kappa shape index (κ1) is 22.4. The van der Waals surface area contributed by atoms with Crippen molar-refractivity contribution >= 4 is 46.0 Å². The lowest BCUT2D eigenvalue weighted by molar-refractivity contribution is -0.128. The molecule has 172 valence electrons. The van der Waals surface area contributed by atoms with Gasteiger partial charge in [0.1, 0.15) is 5.82 Å². The number of hydrogen-bond acceptors (Lipinski definition) is 6. The standard InChI is InChI=1S/C25H22ClN5O2S/c26-19-8-2-4-10-21(19)31-24(33)18-7-1-3-9-20(18)28-25(31)34-17-23(32)30-15-13-29(14-16-30)22-11-5-6-12-27-22/h1-12H,13-17H2. The Kier molecular flexibility index (Phi) is 6.51. The van der Waals surface area contributed by atoms with Gasteiger partial charge >= 0.3 is 0 Å². The molecule has 2 aromatic carbocycles.